The van der Waals surface area contributed by atoms with Gasteiger partial charge in [0.2, 0.25) is 0 Å². The molecule has 0 aliphatic heterocycles. The van der Waals surface area contributed by atoms with Crippen molar-refractivity contribution in [2.24, 2.45) is 0 Å². The van der Waals surface area contributed by atoms with E-state index < -0.39 is 0 Å². The zero-order valence-corrected chi connectivity index (χ0v) is 19.4. The van der Waals surface area contributed by atoms with Gasteiger partial charge in [0.1, 0.15) is 5.75 Å². The SMILES string of the molecule is CCN(CCCCOC1CCC(N(C)C(=O)Oc2ccc(Cl)cc2)CC1)CCOC. The van der Waals surface area contributed by atoms with E-state index in [-0.39, 0.29) is 12.1 Å². The van der Waals surface area contributed by atoms with Gasteiger partial charge in [-0.25, -0.2) is 4.79 Å². The van der Waals surface area contributed by atoms with Gasteiger partial charge in [-0.2, -0.15) is 0 Å². The minimum atomic E-state index is -0.323. The van der Waals surface area contributed by atoms with Crippen molar-refractivity contribution in [1.29, 1.82) is 0 Å². The Kier molecular flexibility index (Phi) is 11.5. The second kappa shape index (κ2) is 13.9. The maximum Gasteiger partial charge on any atom is 0.415 e. The van der Waals surface area contributed by atoms with Gasteiger partial charge in [-0.1, -0.05) is 18.5 Å². The number of hydrogen-bond donors (Lipinski definition) is 0. The number of benzene rings is 1. The third-order valence-corrected chi connectivity index (χ3v) is 6.03. The smallest absolute Gasteiger partial charge is 0.410 e. The summed E-state index contributed by atoms with van der Waals surface area (Å²) in [7, 11) is 3.56. The third kappa shape index (κ3) is 8.80. The molecule has 0 unspecified atom stereocenters. The van der Waals surface area contributed by atoms with Gasteiger partial charge in [0.25, 0.3) is 0 Å². The number of nitrogens with zero attached hydrogens (tertiary/aromatic N) is 2. The summed E-state index contributed by atoms with van der Waals surface area (Å²) < 4.78 is 16.7. The fraction of sp³-hybridized carbons (Fsp3) is 0.696. The van der Waals surface area contributed by atoms with E-state index in [9.17, 15) is 4.79 Å². The summed E-state index contributed by atoms with van der Waals surface area (Å²) in [6, 6.07) is 7.04. The van der Waals surface area contributed by atoms with Crippen molar-refractivity contribution in [2.45, 2.75) is 57.6 Å². The number of likely N-dealkylation sites (N-methyl/N-ethyl adjacent to an activating group) is 1. The molecule has 1 aromatic rings. The van der Waals surface area contributed by atoms with Gasteiger partial charge >= 0.3 is 6.09 Å². The van der Waals surface area contributed by atoms with Crippen molar-refractivity contribution in [3.8, 4) is 5.75 Å². The normalized spacial score (nSPS) is 19.1. The number of unbranched alkanes of at least 4 members (excludes halogenated alkanes) is 1. The molecule has 30 heavy (non-hydrogen) atoms. The molecule has 0 bridgehead atoms. The fourth-order valence-corrected chi connectivity index (χ4v) is 3.89. The molecule has 1 saturated carbocycles. The van der Waals surface area contributed by atoms with E-state index in [2.05, 4.69) is 11.8 Å². The molecule has 6 nitrogen and oxygen atoms in total. The number of rotatable bonds is 12. The van der Waals surface area contributed by atoms with E-state index in [1.807, 2.05) is 7.05 Å². The number of hydrogen-bond acceptors (Lipinski definition) is 5. The molecule has 1 aliphatic carbocycles. The predicted molar refractivity (Wildman–Crippen MR) is 120 cm³/mol. The number of halogens is 1. The zero-order valence-electron chi connectivity index (χ0n) is 18.6. The molecule has 2 rings (SSSR count). The van der Waals surface area contributed by atoms with Crippen LogP contribution in [0.4, 0.5) is 4.79 Å². The Morgan fingerprint density at radius 2 is 1.77 bits per heavy atom. The van der Waals surface area contributed by atoms with Crippen LogP contribution in [0.15, 0.2) is 24.3 Å². The van der Waals surface area contributed by atoms with E-state index in [1.165, 1.54) is 0 Å². The van der Waals surface area contributed by atoms with Crippen LogP contribution in [0, 0.1) is 0 Å². The summed E-state index contributed by atoms with van der Waals surface area (Å²) >= 11 is 5.87. The first-order valence-electron chi connectivity index (χ1n) is 11.1. The molecule has 0 saturated heterocycles. The molecule has 170 valence electrons. The van der Waals surface area contributed by atoms with E-state index in [4.69, 9.17) is 25.8 Å². The van der Waals surface area contributed by atoms with Crippen LogP contribution in [0.3, 0.4) is 0 Å². The highest BCUT2D eigenvalue weighted by atomic mass is 35.5. The van der Waals surface area contributed by atoms with Gasteiger partial charge in [-0.3, -0.25) is 0 Å². The Balaban J connectivity index is 1.60. The summed E-state index contributed by atoms with van der Waals surface area (Å²) in [5.41, 5.74) is 0. The Bertz CT molecular complexity index is 606. The van der Waals surface area contributed by atoms with Gasteiger partial charge in [0.05, 0.1) is 12.7 Å². The van der Waals surface area contributed by atoms with Crippen molar-refractivity contribution in [1.82, 2.24) is 9.80 Å². The van der Waals surface area contributed by atoms with Crippen molar-refractivity contribution < 1.29 is 19.0 Å². The molecule has 7 heteroatoms. The second-order valence-electron chi connectivity index (χ2n) is 7.87. The number of amides is 1. The zero-order chi connectivity index (χ0) is 21.8. The summed E-state index contributed by atoms with van der Waals surface area (Å²) in [4.78, 5) is 16.5. The maximum absolute atomic E-state index is 12.4. The van der Waals surface area contributed by atoms with E-state index in [1.54, 1.807) is 36.3 Å². The molecule has 0 aromatic heterocycles. The van der Waals surface area contributed by atoms with Gasteiger partial charge in [-0.15, -0.1) is 0 Å². The lowest BCUT2D eigenvalue weighted by Crippen LogP contribution is -2.42. The van der Waals surface area contributed by atoms with Crippen LogP contribution in [0.1, 0.15) is 45.4 Å². The summed E-state index contributed by atoms with van der Waals surface area (Å²) in [5.74, 6) is 0.511. The van der Waals surface area contributed by atoms with Crippen LogP contribution in [0.5, 0.6) is 5.75 Å². The van der Waals surface area contributed by atoms with Crippen LogP contribution in [-0.4, -0.2) is 75.0 Å². The van der Waals surface area contributed by atoms with E-state index >= 15 is 0 Å². The molecule has 1 aliphatic rings. The van der Waals surface area contributed by atoms with Crippen LogP contribution >= 0.6 is 11.6 Å². The lowest BCUT2D eigenvalue weighted by atomic mass is 9.92. The highest BCUT2D eigenvalue weighted by Gasteiger charge is 2.27. The third-order valence-electron chi connectivity index (χ3n) is 5.78. The topological polar surface area (TPSA) is 51.2 Å². The van der Waals surface area contributed by atoms with Crippen molar-refractivity contribution in [3.63, 3.8) is 0 Å². The van der Waals surface area contributed by atoms with Gasteiger partial charge in [0.15, 0.2) is 0 Å². The van der Waals surface area contributed by atoms with Gasteiger partial charge in [-0.05, 0) is 75.9 Å². The molecule has 0 atom stereocenters. The highest BCUT2D eigenvalue weighted by molar-refractivity contribution is 6.30. The lowest BCUT2D eigenvalue weighted by Gasteiger charge is -2.34. The predicted octanol–water partition coefficient (Wildman–Crippen LogP) is 4.85. The van der Waals surface area contributed by atoms with Crippen LogP contribution in [0.2, 0.25) is 5.02 Å². The first kappa shape index (κ1) is 24.9. The van der Waals surface area contributed by atoms with Crippen molar-refractivity contribution in [2.75, 3.05) is 47.0 Å². The van der Waals surface area contributed by atoms with Gasteiger partial charge in [0, 0.05) is 38.4 Å². The molecular weight excluding hydrogens is 404 g/mol. The Hall–Kier alpha value is -1.34. The monoisotopic (exact) mass is 440 g/mol. The Morgan fingerprint density at radius 1 is 1.07 bits per heavy atom. The van der Waals surface area contributed by atoms with E-state index in [0.29, 0.717) is 16.9 Å². The average molecular weight is 441 g/mol. The van der Waals surface area contributed by atoms with E-state index in [0.717, 1.165) is 71.4 Å². The van der Waals surface area contributed by atoms with Gasteiger partial charge < -0.3 is 24.0 Å². The van der Waals surface area contributed by atoms with Crippen LogP contribution in [-0.2, 0) is 9.47 Å². The number of methoxy groups -OCH3 is 1. The lowest BCUT2D eigenvalue weighted by molar-refractivity contribution is 0.00981. The number of carbonyl (C=O) groups is 1. The molecule has 1 aromatic carbocycles. The summed E-state index contributed by atoms with van der Waals surface area (Å²) in [6.07, 6.45) is 6.06. The molecule has 0 N–H and O–H groups in total. The summed E-state index contributed by atoms with van der Waals surface area (Å²) in [5, 5.41) is 0.621. The van der Waals surface area contributed by atoms with Crippen molar-refractivity contribution >= 4 is 17.7 Å². The largest absolute Gasteiger partial charge is 0.415 e. The second-order valence-corrected chi connectivity index (χ2v) is 8.30. The maximum atomic E-state index is 12.4. The fourth-order valence-electron chi connectivity index (χ4n) is 3.76. The molecule has 0 heterocycles. The molecule has 1 amide bonds. The average Bonchev–Trinajstić information content (AvgIpc) is 2.77. The van der Waals surface area contributed by atoms with Crippen molar-refractivity contribution in [3.05, 3.63) is 29.3 Å². The first-order chi connectivity index (χ1) is 14.5. The van der Waals surface area contributed by atoms with Crippen LogP contribution < -0.4 is 4.74 Å². The van der Waals surface area contributed by atoms with Crippen LogP contribution in [0.25, 0.3) is 0 Å². The molecule has 0 spiro atoms. The highest BCUT2D eigenvalue weighted by Crippen LogP contribution is 2.25. The first-order valence-corrected chi connectivity index (χ1v) is 11.4. The minimum absolute atomic E-state index is 0.198. The molecule has 1 fully saturated rings. The Labute approximate surface area is 186 Å². The number of ether oxygens (including phenoxy) is 3. The minimum Gasteiger partial charge on any atom is -0.410 e. The molecular formula is C23H37ClN2O4. The number of carbonyl (C=O) groups excluding carboxylic acids is 1. The Morgan fingerprint density at radius 3 is 2.40 bits per heavy atom. The molecule has 0 radical (unpaired) electrons. The summed E-state index contributed by atoms with van der Waals surface area (Å²) in [6.45, 7) is 6.93. The quantitative estimate of drug-likeness (QED) is 0.435. The standard InChI is InChI=1S/C23H37ClN2O4/c1-4-26(16-18-28-3)15-5-6-17-29-21-13-9-20(10-14-21)25(2)23(27)30-22-11-7-19(24)8-12-22/h7-8,11-12,20-21H,4-6,9-10,13-18H2,1-3H3.